The fraction of sp³-hybridized carbons (Fsp3) is 0.154. The zero-order chi connectivity index (χ0) is 23.2. The molecule has 1 aliphatic heterocycles. The lowest BCUT2D eigenvalue weighted by molar-refractivity contribution is -0.138. The fourth-order valence-corrected chi connectivity index (χ4v) is 4.93. The molecule has 0 saturated heterocycles. The molecule has 2 aromatic carbocycles. The molecule has 0 amide bonds. The largest absolute Gasteiger partial charge is 0.506 e. The number of hydrogen-bond acceptors (Lipinski definition) is 7. The van der Waals surface area contributed by atoms with Crippen molar-refractivity contribution < 1.29 is 19.1 Å². The van der Waals surface area contributed by atoms with E-state index in [0.29, 0.717) is 21.4 Å². The Balaban J connectivity index is 1.62. The van der Waals surface area contributed by atoms with E-state index in [1.54, 1.807) is 13.0 Å². The highest BCUT2D eigenvalue weighted by atomic mass is 32.2. The van der Waals surface area contributed by atoms with Crippen molar-refractivity contribution in [2.45, 2.75) is 30.3 Å². The Morgan fingerprint density at radius 3 is 2.55 bits per heavy atom. The van der Waals surface area contributed by atoms with Gasteiger partial charge in [-0.3, -0.25) is 0 Å². The van der Waals surface area contributed by atoms with Gasteiger partial charge in [-0.25, -0.2) is 9.79 Å². The van der Waals surface area contributed by atoms with Crippen LogP contribution >= 0.6 is 23.5 Å². The molecule has 0 spiro atoms. The first kappa shape index (κ1) is 23.0. The first-order chi connectivity index (χ1) is 16.1. The second-order valence-electron chi connectivity index (χ2n) is 7.06. The fourth-order valence-electron chi connectivity index (χ4n) is 3.12. The van der Waals surface area contributed by atoms with E-state index in [-0.39, 0.29) is 17.9 Å². The number of hydrogen-bond donors (Lipinski definition) is 1. The Morgan fingerprint density at radius 1 is 1.09 bits per heavy atom. The highest BCUT2D eigenvalue weighted by molar-refractivity contribution is 8.18. The van der Waals surface area contributed by atoms with E-state index in [9.17, 15) is 9.90 Å². The van der Waals surface area contributed by atoms with Crippen molar-refractivity contribution in [1.29, 1.82) is 0 Å². The smallest absolute Gasteiger partial charge is 0.344 e. The Labute approximate surface area is 201 Å². The highest BCUT2D eigenvalue weighted by Crippen LogP contribution is 2.41. The molecule has 0 fully saturated rings. The summed E-state index contributed by atoms with van der Waals surface area (Å²) in [7, 11) is 0. The van der Waals surface area contributed by atoms with Crippen LogP contribution in [-0.2, 0) is 16.0 Å². The standard InChI is InChI=1S/C26H23NO4S2/c1-3-17-10-12-18(13-11-17)27-25-23(26(29)30-4-2)24(28)21(33-25)16-19-14-15-22(31-19)32-20-8-6-5-7-9-20/h5-16,28H,3-4H2,1-2H3. The predicted molar refractivity (Wildman–Crippen MR) is 134 cm³/mol. The summed E-state index contributed by atoms with van der Waals surface area (Å²) in [6.45, 7) is 4.02. The molecule has 0 saturated carbocycles. The number of carbonyl (C=O) groups excluding carboxylic acids is 1. The third-order valence-electron chi connectivity index (χ3n) is 4.78. The number of aliphatic imine (C=N–C) groups is 1. The number of nitrogens with zero attached hydrogens (tertiary/aromatic N) is 1. The van der Waals surface area contributed by atoms with Crippen molar-refractivity contribution in [2.75, 3.05) is 6.61 Å². The van der Waals surface area contributed by atoms with Gasteiger partial charge in [-0.15, -0.1) is 0 Å². The molecule has 4 rings (SSSR count). The molecule has 168 valence electrons. The van der Waals surface area contributed by atoms with Crippen LogP contribution in [0.3, 0.4) is 0 Å². The van der Waals surface area contributed by atoms with Gasteiger partial charge in [0, 0.05) is 4.90 Å². The number of aliphatic hydroxyl groups is 1. The summed E-state index contributed by atoms with van der Waals surface area (Å²) < 4.78 is 11.1. The third kappa shape index (κ3) is 5.61. The Kier molecular flexibility index (Phi) is 7.42. The van der Waals surface area contributed by atoms with E-state index >= 15 is 0 Å². The maximum absolute atomic E-state index is 12.6. The predicted octanol–water partition coefficient (Wildman–Crippen LogP) is 7.19. The van der Waals surface area contributed by atoms with Gasteiger partial charge in [0.05, 0.1) is 17.2 Å². The van der Waals surface area contributed by atoms with Gasteiger partial charge in [-0.05, 0) is 61.4 Å². The van der Waals surface area contributed by atoms with Gasteiger partial charge < -0.3 is 14.3 Å². The van der Waals surface area contributed by atoms with Gasteiger partial charge in [-0.2, -0.15) is 0 Å². The van der Waals surface area contributed by atoms with E-state index in [1.165, 1.54) is 29.1 Å². The van der Waals surface area contributed by atoms with Crippen molar-refractivity contribution in [3.63, 3.8) is 0 Å². The molecule has 1 N–H and O–H groups in total. The quantitative estimate of drug-likeness (QED) is 0.363. The molecule has 0 unspecified atom stereocenters. The number of aryl methyl sites for hydroxylation is 1. The van der Waals surface area contributed by atoms with Gasteiger partial charge in [0.25, 0.3) is 0 Å². The minimum Gasteiger partial charge on any atom is -0.506 e. The number of thioether (sulfide) groups is 1. The van der Waals surface area contributed by atoms with Crippen LogP contribution in [0, 0.1) is 0 Å². The van der Waals surface area contributed by atoms with Crippen molar-refractivity contribution in [2.24, 2.45) is 4.99 Å². The molecular weight excluding hydrogens is 454 g/mol. The average Bonchev–Trinajstić information content (AvgIpc) is 3.39. The first-order valence-corrected chi connectivity index (χ1v) is 12.2. The van der Waals surface area contributed by atoms with Gasteiger partial charge in [0.1, 0.15) is 22.1 Å². The number of furan rings is 1. The second-order valence-corrected chi connectivity index (χ2v) is 9.17. The number of carbonyl (C=O) groups is 1. The summed E-state index contributed by atoms with van der Waals surface area (Å²) in [6, 6.07) is 21.4. The number of aliphatic hydroxyl groups excluding tert-OH is 1. The summed E-state index contributed by atoms with van der Waals surface area (Å²) >= 11 is 2.72. The SMILES string of the molecule is CCOC(=O)C1=C(O)C(=Cc2ccc(Sc3ccccc3)o2)SC1=Nc1ccc(CC)cc1. The van der Waals surface area contributed by atoms with Crippen LogP contribution in [0.5, 0.6) is 0 Å². The van der Waals surface area contributed by atoms with Crippen LogP contribution in [0.2, 0.25) is 0 Å². The van der Waals surface area contributed by atoms with Crippen LogP contribution in [0.25, 0.3) is 6.08 Å². The minimum atomic E-state index is -0.602. The molecule has 1 aromatic heterocycles. The van der Waals surface area contributed by atoms with Crippen molar-refractivity contribution in [1.82, 2.24) is 0 Å². The number of ether oxygens (including phenoxy) is 1. The molecule has 0 radical (unpaired) electrons. The van der Waals surface area contributed by atoms with Gasteiger partial charge >= 0.3 is 5.97 Å². The van der Waals surface area contributed by atoms with Crippen LogP contribution in [0.1, 0.15) is 25.2 Å². The summed E-state index contributed by atoms with van der Waals surface area (Å²) in [5.74, 6) is -0.190. The van der Waals surface area contributed by atoms with E-state index in [0.717, 1.165) is 16.4 Å². The molecule has 0 aliphatic carbocycles. The Morgan fingerprint density at radius 2 is 1.85 bits per heavy atom. The topological polar surface area (TPSA) is 72.0 Å². The van der Waals surface area contributed by atoms with Crippen molar-refractivity contribution in [3.8, 4) is 0 Å². The summed E-state index contributed by atoms with van der Waals surface area (Å²) in [6.07, 6.45) is 2.64. The molecule has 33 heavy (non-hydrogen) atoms. The summed E-state index contributed by atoms with van der Waals surface area (Å²) in [4.78, 5) is 18.7. The molecule has 2 heterocycles. The molecule has 5 nitrogen and oxygen atoms in total. The van der Waals surface area contributed by atoms with Crippen molar-refractivity contribution in [3.05, 3.63) is 94.3 Å². The maximum atomic E-state index is 12.6. The van der Waals surface area contributed by atoms with E-state index in [1.807, 2.05) is 66.7 Å². The molecule has 3 aromatic rings. The first-order valence-electron chi connectivity index (χ1n) is 10.6. The molecule has 1 aliphatic rings. The van der Waals surface area contributed by atoms with E-state index in [2.05, 4.69) is 11.9 Å². The molecular formula is C26H23NO4S2. The average molecular weight is 478 g/mol. The van der Waals surface area contributed by atoms with Crippen molar-refractivity contribution >= 4 is 46.3 Å². The van der Waals surface area contributed by atoms with Gasteiger partial charge in [-0.1, -0.05) is 60.8 Å². The van der Waals surface area contributed by atoms with E-state index in [4.69, 9.17) is 9.15 Å². The summed E-state index contributed by atoms with van der Waals surface area (Å²) in [5, 5.41) is 12.0. The molecule has 7 heteroatoms. The summed E-state index contributed by atoms with van der Waals surface area (Å²) in [5.41, 5.74) is 1.97. The second kappa shape index (κ2) is 10.6. The zero-order valence-electron chi connectivity index (χ0n) is 18.3. The Bertz CT molecular complexity index is 1220. The monoisotopic (exact) mass is 477 g/mol. The number of esters is 1. The van der Waals surface area contributed by atoms with Crippen LogP contribution in [0.4, 0.5) is 5.69 Å². The van der Waals surface area contributed by atoms with Gasteiger partial charge in [0.15, 0.2) is 5.09 Å². The molecule has 0 bridgehead atoms. The number of rotatable bonds is 7. The lowest BCUT2D eigenvalue weighted by Crippen LogP contribution is -2.12. The van der Waals surface area contributed by atoms with Gasteiger partial charge in [0.2, 0.25) is 0 Å². The highest BCUT2D eigenvalue weighted by Gasteiger charge is 2.33. The van der Waals surface area contributed by atoms with Crippen LogP contribution < -0.4 is 0 Å². The maximum Gasteiger partial charge on any atom is 0.344 e. The molecule has 0 atom stereocenters. The van der Waals surface area contributed by atoms with Crippen LogP contribution in [-0.4, -0.2) is 22.7 Å². The normalized spacial score (nSPS) is 16.1. The number of benzene rings is 2. The Hall–Kier alpha value is -3.16. The third-order valence-corrected chi connectivity index (χ3v) is 6.73. The lowest BCUT2D eigenvalue weighted by atomic mass is 10.1. The minimum absolute atomic E-state index is 0.0677. The van der Waals surface area contributed by atoms with Crippen LogP contribution in [0.15, 0.2) is 102 Å². The lowest BCUT2D eigenvalue weighted by Gasteiger charge is -2.04. The zero-order valence-corrected chi connectivity index (χ0v) is 19.9. The van der Waals surface area contributed by atoms with E-state index < -0.39 is 5.97 Å².